The molecule has 53 heavy (non-hydrogen) atoms. The number of hydrogen-bond acceptors (Lipinski definition) is 1. The maximum atomic E-state index is 2.55. The summed E-state index contributed by atoms with van der Waals surface area (Å²) in [6, 6.07) is 63.0. The van der Waals surface area contributed by atoms with Gasteiger partial charge in [-0.05, 0) is 113 Å². The van der Waals surface area contributed by atoms with Crippen LogP contribution in [0.1, 0.15) is 56.9 Å². The van der Waals surface area contributed by atoms with Gasteiger partial charge in [0.2, 0.25) is 0 Å². The van der Waals surface area contributed by atoms with Gasteiger partial charge in [0.1, 0.15) is 0 Å². The first-order valence-electron chi connectivity index (χ1n) is 18.9. The van der Waals surface area contributed by atoms with Crippen LogP contribution in [0.3, 0.4) is 0 Å². The molecule has 0 unspecified atom stereocenters. The van der Waals surface area contributed by atoms with Gasteiger partial charge in [-0.15, -0.1) is 0 Å². The molecule has 0 heterocycles. The lowest BCUT2D eigenvalue weighted by atomic mass is 9.82. The molecule has 9 rings (SSSR count). The van der Waals surface area contributed by atoms with Crippen LogP contribution in [0.5, 0.6) is 0 Å². The van der Waals surface area contributed by atoms with Crippen LogP contribution >= 0.6 is 0 Å². The number of hydrogen-bond donors (Lipinski definition) is 0. The van der Waals surface area contributed by atoms with Crippen LogP contribution in [0.25, 0.3) is 54.9 Å². The number of fused-ring (bicyclic) bond motifs is 6. The quantitative estimate of drug-likeness (QED) is 0.158. The summed E-state index contributed by atoms with van der Waals surface area (Å²) in [5.41, 5.74) is 15.4. The molecule has 1 aliphatic carbocycles. The molecule has 0 fully saturated rings. The fraction of sp³-hybridized carbons (Fsp3) is 0.154. The molecule has 0 bridgehead atoms. The van der Waals surface area contributed by atoms with Gasteiger partial charge in [0.15, 0.2) is 0 Å². The van der Waals surface area contributed by atoms with Crippen LogP contribution < -0.4 is 4.90 Å². The van der Waals surface area contributed by atoms with Crippen molar-refractivity contribution in [3.63, 3.8) is 0 Å². The molecule has 0 N–H and O–H groups in total. The summed E-state index contributed by atoms with van der Waals surface area (Å²) in [6.07, 6.45) is 0. The predicted octanol–water partition coefficient (Wildman–Crippen LogP) is 14.3. The molecule has 0 saturated heterocycles. The van der Waals surface area contributed by atoms with Crippen molar-refractivity contribution in [2.24, 2.45) is 0 Å². The summed E-state index contributed by atoms with van der Waals surface area (Å²) >= 11 is 0. The zero-order valence-corrected chi connectivity index (χ0v) is 31.3. The molecule has 0 saturated carbocycles. The van der Waals surface area contributed by atoms with E-state index >= 15 is 0 Å². The van der Waals surface area contributed by atoms with E-state index in [-0.39, 0.29) is 10.8 Å². The highest BCUT2D eigenvalue weighted by atomic mass is 15.1. The monoisotopic (exact) mass is 683 g/mol. The first kappa shape index (κ1) is 33.0. The second-order valence-corrected chi connectivity index (χ2v) is 16.2. The van der Waals surface area contributed by atoms with Gasteiger partial charge in [0.05, 0.1) is 0 Å². The molecule has 8 aromatic rings. The standard InChI is InChI=1S/C52H45N/c1-51(2,3)48-33-40(39-25-24-38-23-22-37-16-9-10-18-43(37)45(38)32-39)28-31-49(48)53(42-29-26-36(27-30-42)35-14-7-6-8-15-35)34-41-17-13-21-47-50(41)44-19-11-12-20-46(44)52(47,4)5/h6-33H,34H2,1-5H3. The minimum atomic E-state index is -0.107. The lowest BCUT2D eigenvalue weighted by Gasteiger charge is -2.33. The second-order valence-electron chi connectivity index (χ2n) is 16.2. The minimum Gasteiger partial charge on any atom is -0.337 e. The first-order chi connectivity index (χ1) is 25.7. The predicted molar refractivity (Wildman–Crippen MR) is 227 cm³/mol. The van der Waals surface area contributed by atoms with E-state index in [0.29, 0.717) is 0 Å². The third-order valence-corrected chi connectivity index (χ3v) is 11.5. The normalized spacial score (nSPS) is 13.2. The maximum Gasteiger partial charge on any atom is 0.0488 e. The third-order valence-electron chi connectivity index (χ3n) is 11.5. The molecule has 1 nitrogen and oxygen atoms in total. The van der Waals surface area contributed by atoms with Gasteiger partial charge < -0.3 is 4.90 Å². The topological polar surface area (TPSA) is 3.24 Å². The summed E-state index contributed by atoms with van der Waals surface area (Å²) < 4.78 is 0. The SMILES string of the molecule is CC(C)(C)c1cc(-c2ccc3ccc4ccccc4c3c2)ccc1N(Cc1cccc2c1-c1ccccc1C2(C)C)c1ccc(-c2ccccc2)cc1. The molecule has 0 spiro atoms. The smallest absolute Gasteiger partial charge is 0.0488 e. The highest BCUT2D eigenvalue weighted by Crippen LogP contribution is 2.51. The molecule has 8 aromatic carbocycles. The average Bonchev–Trinajstić information content (AvgIpc) is 3.43. The number of nitrogens with zero attached hydrogens (tertiary/aromatic N) is 1. The van der Waals surface area contributed by atoms with E-state index in [0.717, 1.165) is 6.54 Å². The Bertz CT molecular complexity index is 2640. The van der Waals surface area contributed by atoms with Gasteiger partial charge in [0, 0.05) is 23.3 Å². The van der Waals surface area contributed by atoms with Crippen molar-refractivity contribution < 1.29 is 0 Å². The van der Waals surface area contributed by atoms with Gasteiger partial charge in [-0.3, -0.25) is 0 Å². The summed E-state index contributed by atoms with van der Waals surface area (Å²) in [6.45, 7) is 12.5. The maximum absolute atomic E-state index is 2.55. The fourth-order valence-corrected chi connectivity index (χ4v) is 8.65. The van der Waals surface area contributed by atoms with Crippen molar-refractivity contribution in [3.05, 3.63) is 192 Å². The van der Waals surface area contributed by atoms with E-state index in [9.17, 15) is 0 Å². The Balaban J connectivity index is 1.20. The van der Waals surface area contributed by atoms with E-state index in [4.69, 9.17) is 0 Å². The van der Waals surface area contributed by atoms with Gasteiger partial charge in [-0.2, -0.15) is 0 Å². The van der Waals surface area contributed by atoms with E-state index in [1.54, 1.807) is 0 Å². The highest BCUT2D eigenvalue weighted by Gasteiger charge is 2.36. The Hall–Kier alpha value is -5.92. The van der Waals surface area contributed by atoms with Gasteiger partial charge >= 0.3 is 0 Å². The van der Waals surface area contributed by atoms with Crippen molar-refractivity contribution in [3.8, 4) is 33.4 Å². The molecule has 0 aliphatic heterocycles. The van der Waals surface area contributed by atoms with Crippen molar-refractivity contribution >= 4 is 32.9 Å². The Morgan fingerprint density at radius 1 is 0.491 bits per heavy atom. The first-order valence-corrected chi connectivity index (χ1v) is 18.9. The largest absolute Gasteiger partial charge is 0.337 e. The second kappa shape index (κ2) is 12.6. The summed E-state index contributed by atoms with van der Waals surface area (Å²) in [7, 11) is 0. The summed E-state index contributed by atoms with van der Waals surface area (Å²) in [5, 5.41) is 5.13. The summed E-state index contributed by atoms with van der Waals surface area (Å²) in [4.78, 5) is 2.55. The number of anilines is 2. The average molecular weight is 684 g/mol. The van der Waals surface area contributed by atoms with E-state index < -0.39 is 0 Å². The number of rotatable bonds is 6. The Kier molecular flexibility index (Phi) is 7.86. The van der Waals surface area contributed by atoms with Gasteiger partial charge in [0.25, 0.3) is 0 Å². The zero-order chi connectivity index (χ0) is 36.3. The lowest BCUT2D eigenvalue weighted by molar-refractivity contribution is 0.589. The molecular weight excluding hydrogens is 639 g/mol. The van der Waals surface area contributed by atoms with Crippen LogP contribution in [0, 0.1) is 0 Å². The molecule has 0 atom stereocenters. The Labute approximate surface area is 314 Å². The Morgan fingerprint density at radius 3 is 1.89 bits per heavy atom. The van der Waals surface area contributed by atoms with Crippen LogP contribution in [0.15, 0.2) is 170 Å². The van der Waals surface area contributed by atoms with Crippen molar-refractivity contribution in [2.45, 2.75) is 52.0 Å². The van der Waals surface area contributed by atoms with Crippen molar-refractivity contribution in [1.29, 1.82) is 0 Å². The van der Waals surface area contributed by atoms with Crippen molar-refractivity contribution in [1.82, 2.24) is 0 Å². The lowest BCUT2D eigenvalue weighted by Crippen LogP contribution is -2.23. The summed E-state index contributed by atoms with van der Waals surface area (Å²) in [5.74, 6) is 0. The molecule has 0 amide bonds. The highest BCUT2D eigenvalue weighted by molar-refractivity contribution is 6.08. The molecule has 0 aromatic heterocycles. The molecule has 0 radical (unpaired) electrons. The number of benzene rings is 8. The minimum absolute atomic E-state index is 0.0481. The van der Waals surface area contributed by atoms with Gasteiger partial charge in [-0.25, -0.2) is 0 Å². The van der Waals surface area contributed by atoms with Crippen LogP contribution in [-0.4, -0.2) is 0 Å². The molecule has 258 valence electrons. The van der Waals surface area contributed by atoms with E-state index in [1.165, 1.54) is 88.6 Å². The zero-order valence-electron chi connectivity index (χ0n) is 31.3. The van der Waals surface area contributed by atoms with E-state index in [1.807, 2.05) is 0 Å². The Morgan fingerprint density at radius 2 is 1.09 bits per heavy atom. The fourth-order valence-electron chi connectivity index (χ4n) is 8.65. The van der Waals surface area contributed by atoms with Crippen molar-refractivity contribution in [2.75, 3.05) is 4.90 Å². The molecular formula is C52H45N. The van der Waals surface area contributed by atoms with E-state index in [2.05, 4.69) is 209 Å². The third kappa shape index (κ3) is 5.72. The molecule has 1 aliphatic rings. The molecule has 1 heteroatoms. The van der Waals surface area contributed by atoms with Crippen LogP contribution in [0.2, 0.25) is 0 Å². The van der Waals surface area contributed by atoms with Crippen LogP contribution in [0.4, 0.5) is 11.4 Å². The van der Waals surface area contributed by atoms with Gasteiger partial charge in [-0.1, -0.05) is 174 Å². The van der Waals surface area contributed by atoms with Crippen LogP contribution in [-0.2, 0) is 17.4 Å².